The first-order valence-electron chi connectivity index (χ1n) is 7.78. The Morgan fingerprint density at radius 2 is 1.55 bits per heavy atom. The van der Waals surface area contributed by atoms with Crippen LogP contribution >= 0.6 is 0 Å². The topological polar surface area (TPSA) is 55.6 Å². The van der Waals surface area contributed by atoms with E-state index < -0.39 is 5.54 Å². The average molecular weight is 286 g/mol. The molecule has 0 amide bonds. The first-order valence-corrected chi connectivity index (χ1v) is 7.78. The van der Waals surface area contributed by atoms with Gasteiger partial charge in [0, 0.05) is 6.54 Å². The smallest absolute Gasteiger partial charge is 0.325 e. The maximum atomic E-state index is 11.6. The first kappa shape index (κ1) is 19.4. The lowest BCUT2D eigenvalue weighted by Crippen LogP contribution is -2.48. The first-order chi connectivity index (χ1) is 9.19. The zero-order valence-electron chi connectivity index (χ0n) is 14.2. The van der Waals surface area contributed by atoms with Gasteiger partial charge in [0.25, 0.3) is 0 Å². The Balaban J connectivity index is 4.36. The SMILES string of the molecule is COC(=O)C(C)(N)CCN(CCC(C)C)CCC(C)C. The van der Waals surface area contributed by atoms with Gasteiger partial charge in [-0.3, -0.25) is 4.79 Å². The number of carbonyl (C=O) groups is 1. The molecule has 1 unspecified atom stereocenters. The van der Waals surface area contributed by atoms with Crippen LogP contribution in [0.5, 0.6) is 0 Å². The average Bonchev–Trinajstić information content (AvgIpc) is 2.36. The van der Waals surface area contributed by atoms with Gasteiger partial charge in [-0.05, 0) is 51.1 Å². The number of ether oxygens (including phenoxy) is 1. The van der Waals surface area contributed by atoms with E-state index in [-0.39, 0.29) is 5.97 Å². The molecule has 0 saturated carbocycles. The zero-order valence-corrected chi connectivity index (χ0v) is 14.2. The normalized spacial score (nSPS) is 14.9. The van der Waals surface area contributed by atoms with Crippen LogP contribution in [0, 0.1) is 11.8 Å². The molecule has 0 aliphatic heterocycles. The fraction of sp³-hybridized carbons (Fsp3) is 0.938. The van der Waals surface area contributed by atoms with Crippen LogP contribution in [0.25, 0.3) is 0 Å². The number of nitrogens with zero attached hydrogens (tertiary/aromatic N) is 1. The molecule has 0 rings (SSSR count). The number of nitrogens with two attached hydrogens (primary N) is 1. The van der Waals surface area contributed by atoms with Crippen molar-refractivity contribution in [2.75, 3.05) is 26.7 Å². The summed E-state index contributed by atoms with van der Waals surface area (Å²) in [5, 5.41) is 0. The molecule has 4 heteroatoms. The van der Waals surface area contributed by atoms with Crippen LogP contribution in [0.1, 0.15) is 53.9 Å². The van der Waals surface area contributed by atoms with Crippen molar-refractivity contribution in [2.45, 2.75) is 59.4 Å². The molecule has 0 fully saturated rings. The van der Waals surface area contributed by atoms with E-state index in [2.05, 4.69) is 32.6 Å². The van der Waals surface area contributed by atoms with E-state index in [9.17, 15) is 4.79 Å². The lowest BCUT2D eigenvalue weighted by atomic mass is 9.98. The number of carbonyl (C=O) groups excluding carboxylic acids is 1. The van der Waals surface area contributed by atoms with E-state index in [4.69, 9.17) is 10.5 Å². The molecule has 0 radical (unpaired) electrons. The summed E-state index contributed by atoms with van der Waals surface area (Å²) in [6.45, 7) is 13.7. The summed E-state index contributed by atoms with van der Waals surface area (Å²) in [6.07, 6.45) is 2.99. The third-order valence-corrected chi connectivity index (χ3v) is 3.64. The molecule has 4 nitrogen and oxygen atoms in total. The molecule has 0 spiro atoms. The molecule has 2 N–H and O–H groups in total. The third-order valence-electron chi connectivity index (χ3n) is 3.64. The second-order valence-corrected chi connectivity index (χ2v) is 6.87. The summed E-state index contributed by atoms with van der Waals surface area (Å²) in [7, 11) is 1.39. The molecule has 0 aromatic carbocycles. The fourth-order valence-electron chi connectivity index (χ4n) is 1.94. The quantitative estimate of drug-likeness (QED) is 0.627. The molecule has 20 heavy (non-hydrogen) atoms. The van der Waals surface area contributed by atoms with Crippen LogP contribution in [0.15, 0.2) is 0 Å². The van der Waals surface area contributed by atoms with Crippen LogP contribution < -0.4 is 5.73 Å². The highest BCUT2D eigenvalue weighted by atomic mass is 16.5. The van der Waals surface area contributed by atoms with Gasteiger partial charge < -0.3 is 15.4 Å². The highest BCUT2D eigenvalue weighted by Crippen LogP contribution is 2.12. The van der Waals surface area contributed by atoms with Crippen LogP contribution in [0.2, 0.25) is 0 Å². The summed E-state index contributed by atoms with van der Waals surface area (Å²) in [5.74, 6) is 1.06. The number of methoxy groups -OCH3 is 1. The minimum Gasteiger partial charge on any atom is -0.468 e. The largest absolute Gasteiger partial charge is 0.468 e. The van der Waals surface area contributed by atoms with Crippen molar-refractivity contribution >= 4 is 5.97 Å². The van der Waals surface area contributed by atoms with Crippen molar-refractivity contribution in [3.63, 3.8) is 0 Å². The van der Waals surface area contributed by atoms with Crippen molar-refractivity contribution in [1.82, 2.24) is 4.90 Å². The Labute approximate surface area is 125 Å². The minimum absolute atomic E-state index is 0.329. The van der Waals surface area contributed by atoms with Gasteiger partial charge in [-0.25, -0.2) is 0 Å². The van der Waals surface area contributed by atoms with Crippen LogP contribution in [-0.2, 0) is 9.53 Å². The van der Waals surface area contributed by atoms with Crippen molar-refractivity contribution in [3.05, 3.63) is 0 Å². The Morgan fingerprint density at radius 1 is 1.10 bits per heavy atom. The molecule has 0 heterocycles. The van der Waals surface area contributed by atoms with Crippen molar-refractivity contribution < 1.29 is 9.53 Å². The second kappa shape index (κ2) is 9.35. The highest BCUT2D eigenvalue weighted by molar-refractivity contribution is 5.79. The standard InChI is InChI=1S/C16H34N2O2/c1-13(2)7-10-18(11-8-14(3)4)12-9-16(5,17)15(19)20-6/h13-14H,7-12,17H2,1-6H3. The van der Waals surface area contributed by atoms with Gasteiger partial charge in [0.05, 0.1) is 7.11 Å². The van der Waals surface area contributed by atoms with Gasteiger partial charge in [0.2, 0.25) is 0 Å². The van der Waals surface area contributed by atoms with Crippen LogP contribution in [0.4, 0.5) is 0 Å². The number of hydrogen-bond donors (Lipinski definition) is 1. The summed E-state index contributed by atoms with van der Waals surface area (Å²) < 4.78 is 4.76. The van der Waals surface area contributed by atoms with Crippen molar-refractivity contribution in [2.24, 2.45) is 17.6 Å². The highest BCUT2D eigenvalue weighted by Gasteiger charge is 2.29. The Bertz CT molecular complexity index is 264. The predicted molar refractivity (Wildman–Crippen MR) is 84.6 cm³/mol. The Morgan fingerprint density at radius 3 is 1.90 bits per heavy atom. The molecule has 0 aliphatic carbocycles. The Hall–Kier alpha value is -0.610. The minimum atomic E-state index is -0.886. The molecule has 1 atom stereocenters. The van der Waals surface area contributed by atoms with E-state index in [1.807, 2.05) is 0 Å². The molecule has 0 saturated heterocycles. The Kier molecular flexibility index (Phi) is 9.06. The van der Waals surface area contributed by atoms with E-state index in [0.717, 1.165) is 19.6 Å². The fourth-order valence-corrected chi connectivity index (χ4v) is 1.94. The van der Waals surface area contributed by atoms with Gasteiger partial charge in [-0.1, -0.05) is 27.7 Å². The van der Waals surface area contributed by atoms with E-state index >= 15 is 0 Å². The second-order valence-electron chi connectivity index (χ2n) is 6.87. The lowest BCUT2D eigenvalue weighted by Gasteiger charge is -2.28. The summed E-state index contributed by atoms with van der Waals surface area (Å²) in [6, 6.07) is 0. The van der Waals surface area contributed by atoms with Crippen molar-refractivity contribution in [1.29, 1.82) is 0 Å². The molecular formula is C16H34N2O2. The number of rotatable bonds is 10. The molecule has 0 bridgehead atoms. The monoisotopic (exact) mass is 286 g/mol. The zero-order chi connectivity index (χ0) is 15.8. The molecule has 0 aromatic heterocycles. The van der Waals surface area contributed by atoms with E-state index in [1.54, 1.807) is 6.92 Å². The number of esters is 1. The molecule has 120 valence electrons. The van der Waals surface area contributed by atoms with Gasteiger partial charge in [-0.2, -0.15) is 0 Å². The lowest BCUT2D eigenvalue weighted by molar-refractivity contribution is -0.146. The third kappa shape index (κ3) is 8.54. The van der Waals surface area contributed by atoms with Gasteiger partial charge >= 0.3 is 5.97 Å². The summed E-state index contributed by atoms with van der Waals surface area (Å²) in [5.41, 5.74) is 5.14. The van der Waals surface area contributed by atoms with Gasteiger partial charge in [0.15, 0.2) is 0 Å². The van der Waals surface area contributed by atoms with E-state index in [0.29, 0.717) is 18.3 Å². The van der Waals surface area contributed by atoms with Crippen LogP contribution in [0.3, 0.4) is 0 Å². The van der Waals surface area contributed by atoms with Gasteiger partial charge in [0.1, 0.15) is 5.54 Å². The summed E-state index contributed by atoms with van der Waals surface area (Å²) in [4.78, 5) is 14.0. The number of hydrogen-bond acceptors (Lipinski definition) is 4. The molecule has 0 aliphatic rings. The predicted octanol–water partition coefficient (Wildman–Crippen LogP) is 2.66. The molecular weight excluding hydrogens is 252 g/mol. The molecule has 0 aromatic rings. The van der Waals surface area contributed by atoms with E-state index in [1.165, 1.54) is 20.0 Å². The summed E-state index contributed by atoms with van der Waals surface area (Å²) >= 11 is 0. The maximum Gasteiger partial charge on any atom is 0.325 e. The maximum absolute atomic E-state index is 11.6. The van der Waals surface area contributed by atoms with Gasteiger partial charge in [-0.15, -0.1) is 0 Å². The van der Waals surface area contributed by atoms with Crippen LogP contribution in [-0.4, -0.2) is 43.2 Å². The van der Waals surface area contributed by atoms with Crippen molar-refractivity contribution in [3.8, 4) is 0 Å².